The lowest BCUT2D eigenvalue weighted by Gasteiger charge is -2.10. The monoisotopic (exact) mass is 476 g/mol. The Morgan fingerprint density at radius 2 is 1.72 bits per heavy atom. The Morgan fingerprint density at radius 3 is 2.44 bits per heavy atom. The molecule has 0 unspecified atom stereocenters. The molecule has 4 aromatic rings. The topological polar surface area (TPSA) is 76.1 Å². The number of nitrogens with zero attached hydrogens (tertiary/aromatic N) is 1. The molecule has 0 atom stereocenters. The van der Waals surface area contributed by atoms with E-state index in [2.05, 4.69) is 10.3 Å². The summed E-state index contributed by atoms with van der Waals surface area (Å²) in [6.07, 6.45) is -4.64. The van der Waals surface area contributed by atoms with Crippen molar-refractivity contribution in [3.8, 4) is 0 Å². The van der Waals surface area contributed by atoms with Crippen molar-refractivity contribution in [1.82, 2.24) is 10.3 Å². The third-order valence-corrected chi connectivity index (χ3v) is 7.31. The number of alkyl halides is 3. The van der Waals surface area contributed by atoms with Crippen molar-refractivity contribution in [3.05, 3.63) is 88.9 Å². The average molecular weight is 477 g/mol. The molecule has 10 heteroatoms. The van der Waals surface area contributed by atoms with E-state index in [0.29, 0.717) is 17.2 Å². The van der Waals surface area contributed by atoms with Crippen LogP contribution in [0.1, 0.15) is 21.5 Å². The van der Waals surface area contributed by atoms with Crippen LogP contribution >= 0.6 is 11.3 Å². The zero-order valence-electron chi connectivity index (χ0n) is 16.3. The highest BCUT2D eigenvalue weighted by atomic mass is 32.2. The number of benzene rings is 3. The first-order valence-electron chi connectivity index (χ1n) is 9.27. The average Bonchev–Trinajstić information content (AvgIpc) is 3.25. The maximum Gasteiger partial charge on any atom is 0.416 e. The van der Waals surface area contributed by atoms with Gasteiger partial charge < -0.3 is 5.32 Å². The van der Waals surface area contributed by atoms with E-state index >= 15 is 0 Å². The Bertz CT molecular complexity index is 1400. The van der Waals surface area contributed by atoms with E-state index in [9.17, 15) is 26.4 Å². The summed E-state index contributed by atoms with van der Waals surface area (Å²) in [7, 11) is -4.12. The van der Waals surface area contributed by atoms with Gasteiger partial charge >= 0.3 is 6.18 Å². The zero-order valence-corrected chi connectivity index (χ0v) is 17.9. The molecule has 0 aliphatic heterocycles. The number of carbonyl (C=O) groups excluding carboxylic acids is 1. The van der Waals surface area contributed by atoms with Gasteiger partial charge in [-0.2, -0.15) is 13.2 Å². The van der Waals surface area contributed by atoms with Crippen LogP contribution in [0.2, 0.25) is 0 Å². The minimum Gasteiger partial charge on any atom is -0.348 e. The fourth-order valence-electron chi connectivity index (χ4n) is 3.04. The van der Waals surface area contributed by atoms with Crippen LogP contribution in [0.5, 0.6) is 0 Å². The minimum absolute atomic E-state index is 0.137. The second kappa shape index (κ2) is 8.36. The van der Waals surface area contributed by atoms with Gasteiger partial charge in [-0.1, -0.05) is 18.2 Å². The van der Waals surface area contributed by atoms with Crippen LogP contribution in [-0.2, 0) is 22.6 Å². The predicted molar refractivity (Wildman–Crippen MR) is 114 cm³/mol. The van der Waals surface area contributed by atoms with Gasteiger partial charge in [0.15, 0.2) is 0 Å². The van der Waals surface area contributed by atoms with Crippen LogP contribution in [0.4, 0.5) is 13.2 Å². The molecule has 0 aliphatic rings. The first kappa shape index (κ1) is 22.0. The molecule has 0 spiro atoms. The van der Waals surface area contributed by atoms with Crippen LogP contribution < -0.4 is 5.32 Å². The normalized spacial score (nSPS) is 12.1. The minimum atomic E-state index is -4.64. The van der Waals surface area contributed by atoms with Crippen molar-refractivity contribution in [2.24, 2.45) is 0 Å². The molecular weight excluding hydrogens is 461 g/mol. The summed E-state index contributed by atoms with van der Waals surface area (Å²) in [5, 5.41) is 2.76. The number of hydrogen-bond donors (Lipinski definition) is 1. The van der Waals surface area contributed by atoms with Crippen LogP contribution in [0.25, 0.3) is 10.2 Å². The zero-order chi connectivity index (χ0) is 22.9. The molecule has 0 saturated heterocycles. The standard InChI is InChI=1S/C22H15F3N2O3S2/c23-22(24,25)16-2-1-3-18(11-16)32(29,30)17-7-4-14(5-8-17)12-26-21(28)15-6-9-19-20(10-15)31-13-27-19/h1-11,13H,12H2,(H,26,28). The number of fused-ring (bicyclic) bond motifs is 1. The van der Waals surface area contributed by atoms with Gasteiger partial charge in [-0.25, -0.2) is 13.4 Å². The lowest BCUT2D eigenvalue weighted by Crippen LogP contribution is -2.22. The Kier molecular flexibility index (Phi) is 5.74. The number of carbonyl (C=O) groups is 1. The molecule has 0 saturated carbocycles. The molecule has 5 nitrogen and oxygen atoms in total. The molecular formula is C22H15F3N2O3S2. The molecule has 0 aliphatic carbocycles. The van der Waals surface area contributed by atoms with Gasteiger partial charge in [0.2, 0.25) is 9.84 Å². The van der Waals surface area contributed by atoms with E-state index in [0.717, 1.165) is 28.4 Å². The van der Waals surface area contributed by atoms with E-state index in [4.69, 9.17) is 0 Å². The van der Waals surface area contributed by atoms with Crippen molar-refractivity contribution < 1.29 is 26.4 Å². The first-order chi connectivity index (χ1) is 15.1. The van der Waals surface area contributed by atoms with Gasteiger partial charge in [0.1, 0.15) is 0 Å². The predicted octanol–water partition coefficient (Wildman–Crippen LogP) is 5.08. The Morgan fingerprint density at radius 1 is 0.969 bits per heavy atom. The molecule has 1 aromatic heterocycles. The molecule has 1 N–H and O–H groups in total. The maximum absolute atomic E-state index is 12.9. The van der Waals surface area contributed by atoms with E-state index in [1.165, 1.54) is 35.6 Å². The van der Waals surface area contributed by atoms with Crippen LogP contribution in [0.3, 0.4) is 0 Å². The molecule has 3 aromatic carbocycles. The summed E-state index contributed by atoms with van der Waals surface area (Å²) in [6.45, 7) is 0.156. The molecule has 32 heavy (non-hydrogen) atoms. The van der Waals surface area contributed by atoms with Crippen molar-refractivity contribution in [2.45, 2.75) is 22.5 Å². The number of thiazole rings is 1. The van der Waals surface area contributed by atoms with Crippen molar-refractivity contribution in [1.29, 1.82) is 0 Å². The van der Waals surface area contributed by atoms with Gasteiger partial charge in [-0.15, -0.1) is 11.3 Å². The van der Waals surface area contributed by atoms with Crippen molar-refractivity contribution in [2.75, 3.05) is 0 Å². The van der Waals surface area contributed by atoms with Gasteiger partial charge in [-0.05, 0) is 54.1 Å². The van der Waals surface area contributed by atoms with Crippen molar-refractivity contribution >= 4 is 37.3 Å². The first-order valence-corrected chi connectivity index (χ1v) is 11.6. The third-order valence-electron chi connectivity index (χ3n) is 4.75. The number of hydrogen-bond acceptors (Lipinski definition) is 5. The third kappa shape index (κ3) is 4.51. The second-order valence-electron chi connectivity index (χ2n) is 6.89. The molecule has 164 valence electrons. The number of rotatable bonds is 5. The summed E-state index contributed by atoms with van der Waals surface area (Å²) < 4.78 is 65.1. The highest BCUT2D eigenvalue weighted by Crippen LogP contribution is 2.32. The number of nitrogens with one attached hydrogen (secondary N) is 1. The van der Waals surface area contributed by atoms with Gasteiger partial charge in [-0.3, -0.25) is 4.79 Å². The molecule has 0 bridgehead atoms. The molecule has 4 rings (SSSR count). The molecule has 0 fully saturated rings. The van der Waals surface area contributed by atoms with Gasteiger partial charge in [0.05, 0.1) is 31.1 Å². The lowest BCUT2D eigenvalue weighted by atomic mass is 10.2. The molecule has 0 radical (unpaired) electrons. The Balaban J connectivity index is 1.47. The summed E-state index contributed by atoms with van der Waals surface area (Å²) in [4.78, 5) is 16.0. The molecule has 1 amide bonds. The van der Waals surface area contributed by atoms with Gasteiger partial charge in [0.25, 0.3) is 5.91 Å². The summed E-state index contributed by atoms with van der Waals surface area (Å²) in [6, 6.07) is 14.4. The summed E-state index contributed by atoms with van der Waals surface area (Å²) in [5.41, 5.74) is 2.59. The van der Waals surface area contributed by atoms with E-state index in [1.54, 1.807) is 23.7 Å². The van der Waals surface area contributed by atoms with Gasteiger partial charge in [0, 0.05) is 12.1 Å². The van der Waals surface area contributed by atoms with E-state index < -0.39 is 26.5 Å². The quantitative estimate of drug-likeness (QED) is 0.436. The van der Waals surface area contributed by atoms with Crippen LogP contribution in [0.15, 0.2) is 82.0 Å². The number of sulfone groups is 1. The fraction of sp³-hybridized carbons (Fsp3) is 0.0909. The van der Waals surface area contributed by atoms with Crippen LogP contribution in [-0.4, -0.2) is 19.3 Å². The largest absolute Gasteiger partial charge is 0.416 e. The Hall–Kier alpha value is -3.24. The highest BCUT2D eigenvalue weighted by molar-refractivity contribution is 7.91. The summed E-state index contributed by atoms with van der Waals surface area (Å²) in [5.74, 6) is -0.291. The highest BCUT2D eigenvalue weighted by Gasteiger charge is 2.32. The SMILES string of the molecule is O=C(NCc1ccc(S(=O)(=O)c2cccc(C(F)(F)F)c2)cc1)c1ccc2ncsc2c1. The number of aromatic nitrogens is 1. The fourth-order valence-corrected chi connectivity index (χ4v) is 5.07. The summed E-state index contributed by atoms with van der Waals surface area (Å²) >= 11 is 1.43. The maximum atomic E-state index is 12.9. The molecule has 1 heterocycles. The lowest BCUT2D eigenvalue weighted by molar-refractivity contribution is -0.137. The van der Waals surface area contributed by atoms with E-state index in [1.807, 2.05) is 0 Å². The number of halogens is 3. The Labute approximate surface area is 185 Å². The van der Waals surface area contributed by atoms with Crippen LogP contribution in [0, 0.1) is 0 Å². The number of amides is 1. The van der Waals surface area contributed by atoms with Crippen molar-refractivity contribution in [3.63, 3.8) is 0 Å². The smallest absolute Gasteiger partial charge is 0.348 e. The van der Waals surface area contributed by atoms with E-state index in [-0.39, 0.29) is 17.3 Å². The second-order valence-corrected chi connectivity index (χ2v) is 9.73.